The Hall–Kier alpha value is -0.720. The third-order valence-electron chi connectivity index (χ3n) is 4.60. The van der Waals surface area contributed by atoms with Crippen molar-refractivity contribution in [2.75, 3.05) is 26.7 Å². The van der Waals surface area contributed by atoms with Crippen LogP contribution in [0.5, 0.6) is 0 Å². The lowest BCUT2D eigenvalue weighted by molar-refractivity contribution is -0.144. The maximum Gasteiger partial charge on any atom is 0.431 e. The number of piperidine rings is 1. The van der Waals surface area contributed by atoms with Crippen molar-refractivity contribution < 1.29 is 13.2 Å². The zero-order valence-electron chi connectivity index (χ0n) is 11.2. The molecule has 0 aliphatic carbocycles. The van der Waals surface area contributed by atoms with E-state index in [9.17, 15) is 13.2 Å². The molecule has 7 heteroatoms. The molecule has 2 aliphatic heterocycles. The topological polar surface area (TPSA) is 20.2 Å². The van der Waals surface area contributed by atoms with Gasteiger partial charge in [0.2, 0.25) is 0 Å². The van der Waals surface area contributed by atoms with Gasteiger partial charge in [-0.25, -0.2) is 0 Å². The lowest BCUT2D eigenvalue weighted by Crippen LogP contribution is -2.55. The molecule has 1 spiro atoms. The lowest BCUT2D eigenvalue weighted by Gasteiger charge is -2.49. The second kappa shape index (κ2) is 4.64. The predicted molar refractivity (Wildman–Crippen MR) is 70.9 cm³/mol. The molecule has 1 N–H and O–H groups in total. The molecule has 1 saturated heterocycles. The second-order valence-electron chi connectivity index (χ2n) is 5.58. The van der Waals surface area contributed by atoms with Crippen molar-refractivity contribution in [3.8, 4) is 0 Å². The van der Waals surface area contributed by atoms with E-state index in [-0.39, 0.29) is 10.6 Å². The second-order valence-corrected chi connectivity index (χ2v) is 5.99. The molecule has 0 radical (unpaired) electrons. The zero-order chi connectivity index (χ0) is 14.5. The highest BCUT2D eigenvalue weighted by Gasteiger charge is 2.47. The van der Waals surface area contributed by atoms with Gasteiger partial charge in [-0.05, 0) is 39.0 Å². The van der Waals surface area contributed by atoms with Gasteiger partial charge in [-0.15, -0.1) is 0 Å². The Morgan fingerprint density at radius 2 is 1.90 bits per heavy atom. The highest BCUT2D eigenvalue weighted by molar-refractivity contribution is 6.31. The summed E-state index contributed by atoms with van der Waals surface area (Å²) >= 11 is 6.19. The van der Waals surface area contributed by atoms with Crippen molar-refractivity contribution in [3.63, 3.8) is 0 Å². The van der Waals surface area contributed by atoms with Crippen LogP contribution in [0, 0.1) is 0 Å². The minimum Gasteiger partial charge on any atom is -0.337 e. The number of alkyl halides is 3. The van der Waals surface area contributed by atoms with Crippen LogP contribution in [0.15, 0.2) is 6.07 Å². The van der Waals surface area contributed by atoms with Crippen molar-refractivity contribution in [3.05, 3.63) is 22.5 Å². The third-order valence-corrected chi connectivity index (χ3v) is 4.89. The maximum atomic E-state index is 13.1. The van der Waals surface area contributed by atoms with Crippen LogP contribution in [0.25, 0.3) is 0 Å². The van der Waals surface area contributed by atoms with E-state index in [1.807, 2.05) is 7.05 Å². The molecule has 1 aromatic heterocycles. The number of hydrogen-bond donors (Lipinski definition) is 1. The van der Waals surface area contributed by atoms with Crippen molar-refractivity contribution in [2.24, 2.45) is 0 Å². The van der Waals surface area contributed by atoms with Gasteiger partial charge in [-0.2, -0.15) is 13.2 Å². The smallest absolute Gasteiger partial charge is 0.337 e. The van der Waals surface area contributed by atoms with Gasteiger partial charge in [0, 0.05) is 13.1 Å². The van der Waals surface area contributed by atoms with Crippen LogP contribution in [-0.4, -0.2) is 36.1 Å². The minimum absolute atomic E-state index is 0.241. The third kappa shape index (κ3) is 1.96. The van der Waals surface area contributed by atoms with E-state index in [2.05, 4.69) is 10.2 Å². The van der Waals surface area contributed by atoms with Gasteiger partial charge >= 0.3 is 6.18 Å². The van der Waals surface area contributed by atoms with Crippen LogP contribution >= 0.6 is 11.6 Å². The molecular weight excluding hydrogens is 291 g/mol. The van der Waals surface area contributed by atoms with Crippen molar-refractivity contribution >= 4 is 11.6 Å². The van der Waals surface area contributed by atoms with Gasteiger partial charge < -0.3 is 9.88 Å². The first-order valence-corrected chi connectivity index (χ1v) is 7.13. The normalized spacial score (nSPS) is 23.1. The Labute approximate surface area is 120 Å². The lowest BCUT2D eigenvalue weighted by atomic mass is 9.82. The summed E-state index contributed by atoms with van der Waals surface area (Å²) in [5.74, 6) is 0. The summed E-state index contributed by atoms with van der Waals surface area (Å²) in [5.41, 5.74) is -0.352. The van der Waals surface area contributed by atoms with Gasteiger partial charge in [0.25, 0.3) is 0 Å². The average Bonchev–Trinajstić information content (AvgIpc) is 2.74. The molecule has 20 heavy (non-hydrogen) atoms. The van der Waals surface area contributed by atoms with E-state index in [0.29, 0.717) is 18.8 Å². The van der Waals surface area contributed by atoms with Crippen molar-refractivity contribution in [1.29, 1.82) is 0 Å². The Kier molecular flexibility index (Phi) is 3.30. The van der Waals surface area contributed by atoms with Crippen LogP contribution in [-0.2, 0) is 18.3 Å². The van der Waals surface area contributed by atoms with Crippen molar-refractivity contribution in [1.82, 2.24) is 14.8 Å². The number of likely N-dealkylation sites (N-methyl/N-ethyl adjacent to an activating group) is 1. The standard InChI is InChI=1S/C13H17ClF3N3/c1-19-6-7-20-10(13(15,16)17)8-9(14)11(20)12(19)2-4-18-5-3-12/h8,18H,2-7H2,1H3. The van der Waals surface area contributed by atoms with Crippen LogP contribution in [0.4, 0.5) is 13.2 Å². The fourth-order valence-corrected chi connectivity index (χ4v) is 3.94. The SMILES string of the molecule is CN1CCn2c(C(F)(F)F)cc(Cl)c2C12CCNCC2. The number of hydrogen-bond acceptors (Lipinski definition) is 2. The zero-order valence-corrected chi connectivity index (χ0v) is 12.0. The summed E-state index contributed by atoms with van der Waals surface area (Å²) in [7, 11) is 1.98. The van der Waals surface area contributed by atoms with Gasteiger partial charge in [-0.3, -0.25) is 4.90 Å². The fraction of sp³-hybridized carbons (Fsp3) is 0.692. The molecule has 0 saturated carbocycles. The Bertz CT molecular complexity index is 518. The number of nitrogens with zero attached hydrogens (tertiary/aromatic N) is 2. The highest BCUT2D eigenvalue weighted by atomic mass is 35.5. The number of rotatable bonds is 0. The summed E-state index contributed by atoms with van der Waals surface area (Å²) in [6.45, 7) is 2.55. The first-order chi connectivity index (χ1) is 9.36. The maximum absolute atomic E-state index is 13.1. The minimum atomic E-state index is -4.36. The van der Waals surface area contributed by atoms with E-state index in [1.165, 1.54) is 4.57 Å². The van der Waals surface area contributed by atoms with Gasteiger partial charge in [0.1, 0.15) is 5.69 Å². The summed E-state index contributed by atoms with van der Waals surface area (Å²) in [6.07, 6.45) is -2.79. The van der Waals surface area contributed by atoms with E-state index in [1.54, 1.807) is 0 Å². The highest BCUT2D eigenvalue weighted by Crippen LogP contribution is 2.46. The number of nitrogens with one attached hydrogen (secondary N) is 1. The number of halogens is 4. The number of fused-ring (bicyclic) bond motifs is 2. The molecular formula is C13H17ClF3N3. The molecule has 0 atom stereocenters. The summed E-state index contributed by atoms with van der Waals surface area (Å²) in [5, 5.41) is 3.50. The quantitative estimate of drug-likeness (QED) is 0.795. The van der Waals surface area contributed by atoms with Gasteiger partial charge in [-0.1, -0.05) is 11.6 Å². The Morgan fingerprint density at radius 1 is 1.25 bits per heavy atom. The molecule has 112 valence electrons. The molecule has 3 nitrogen and oxygen atoms in total. The van der Waals surface area contributed by atoms with E-state index >= 15 is 0 Å². The molecule has 3 heterocycles. The molecule has 1 fully saturated rings. The van der Waals surface area contributed by atoms with Gasteiger partial charge in [0.15, 0.2) is 0 Å². The first kappa shape index (κ1) is 14.2. The molecule has 0 bridgehead atoms. The first-order valence-electron chi connectivity index (χ1n) is 6.75. The van der Waals surface area contributed by atoms with E-state index in [0.717, 1.165) is 32.0 Å². The van der Waals surface area contributed by atoms with Crippen LogP contribution in [0.1, 0.15) is 24.2 Å². The summed E-state index contributed by atoms with van der Waals surface area (Å²) in [6, 6.07) is 1.08. The fourth-order valence-electron chi connectivity index (χ4n) is 3.56. The Balaban J connectivity index is 2.16. The molecule has 0 amide bonds. The van der Waals surface area contributed by atoms with Crippen LogP contribution < -0.4 is 5.32 Å². The molecule has 3 rings (SSSR count). The Morgan fingerprint density at radius 3 is 2.50 bits per heavy atom. The van der Waals surface area contributed by atoms with E-state index < -0.39 is 11.9 Å². The molecule has 1 aromatic rings. The van der Waals surface area contributed by atoms with Crippen LogP contribution in [0.2, 0.25) is 5.02 Å². The van der Waals surface area contributed by atoms with Crippen molar-refractivity contribution in [2.45, 2.75) is 31.1 Å². The monoisotopic (exact) mass is 307 g/mol. The van der Waals surface area contributed by atoms with Crippen LogP contribution in [0.3, 0.4) is 0 Å². The predicted octanol–water partition coefficient (Wildman–Crippen LogP) is 2.68. The molecule has 2 aliphatic rings. The van der Waals surface area contributed by atoms with Gasteiger partial charge in [0.05, 0.1) is 16.3 Å². The summed E-state index contributed by atoms with van der Waals surface area (Å²) in [4.78, 5) is 2.16. The largest absolute Gasteiger partial charge is 0.431 e. The molecule has 0 aromatic carbocycles. The van der Waals surface area contributed by atoms with E-state index in [4.69, 9.17) is 11.6 Å². The molecule has 0 unspecified atom stereocenters. The average molecular weight is 308 g/mol. The summed E-state index contributed by atoms with van der Waals surface area (Å²) < 4.78 is 40.8. The number of aromatic nitrogens is 1.